The Hall–Kier alpha value is -2.04. The molecule has 0 aliphatic carbocycles. The first-order valence-corrected chi connectivity index (χ1v) is 6.03. The van der Waals surface area contributed by atoms with Crippen molar-refractivity contribution in [3.05, 3.63) is 64.2 Å². The Morgan fingerprint density at radius 1 is 0.900 bits per heavy atom. The maximum atomic E-state index is 13.5. The molecule has 2 aromatic rings. The monoisotopic (exact) mass is 283 g/mol. The summed E-state index contributed by atoms with van der Waals surface area (Å²) >= 11 is 0. The van der Waals surface area contributed by atoms with Crippen LogP contribution < -0.4 is 5.32 Å². The molecule has 0 fully saturated rings. The lowest BCUT2D eigenvalue weighted by Crippen LogP contribution is -2.08. The van der Waals surface area contributed by atoms with E-state index in [0.29, 0.717) is 0 Å². The molecule has 0 heterocycles. The fourth-order valence-electron chi connectivity index (χ4n) is 1.96. The highest BCUT2D eigenvalue weighted by Gasteiger charge is 2.18. The predicted octanol–water partition coefficient (Wildman–Crippen LogP) is 4.47. The highest BCUT2D eigenvalue weighted by molar-refractivity contribution is 5.48. The summed E-state index contributed by atoms with van der Waals surface area (Å²) in [7, 11) is 0. The van der Waals surface area contributed by atoms with E-state index in [1.807, 2.05) is 26.0 Å². The number of hydrogen-bond donors (Lipinski definition) is 1. The smallest absolute Gasteiger partial charge is 0.185 e. The van der Waals surface area contributed by atoms with E-state index in [2.05, 4.69) is 5.32 Å². The van der Waals surface area contributed by atoms with Crippen LogP contribution in [0.15, 0.2) is 24.3 Å². The van der Waals surface area contributed by atoms with Crippen molar-refractivity contribution in [2.75, 3.05) is 5.32 Å². The van der Waals surface area contributed by atoms with Crippen LogP contribution in [0.25, 0.3) is 0 Å². The molecule has 0 bridgehead atoms. The van der Waals surface area contributed by atoms with Crippen molar-refractivity contribution in [1.29, 1.82) is 0 Å². The number of anilines is 1. The number of hydrogen-bond acceptors (Lipinski definition) is 1. The quantitative estimate of drug-likeness (QED) is 0.647. The lowest BCUT2D eigenvalue weighted by molar-refractivity contribution is 0.458. The van der Waals surface area contributed by atoms with Gasteiger partial charge in [0.15, 0.2) is 23.3 Å². The normalized spacial score (nSPS) is 10.7. The molecule has 0 aliphatic heterocycles. The molecule has 0 aromatic heterocycles. The summed E-state index contributed by atoms with van der Waals surface area (Å²) < 4.78 is 53.0. The van der Waals surface area contributed by atoms with Crippen LogP contribution in [0, 0.1) is 37.1 Å². The minimum Gasteiger partial charge on any atom is -0.376 e. The maximum absolute atomic E-state index is 13.5. The number of rotatable bonds is 3. The van der Waals surface area contributed by atoms with E-state index in [0.717, 1.165) is 16.7 Å². The molecular formula is C15H13F4N. The van der Waals surface area contributed by atoms with Crippen LogP contribution in [0.5, 0.6) is 0 Å². The van der Waals surface area contributed by atoms with Crippen molar-refractivity contribution in [2.24, 2.45) is 0 Å². The van der Waals surface area contributed by atoms with E-state index >= 15 is 0 Å². The molecule has 1 nitrogen and oxygen atoms in total. The van der Waals surface area contributed by atoms with Crippen LogP contribution >= 0.6 is 0 Å². The number of nitrogens with one attached hydrogen (secondary N) is 1. The predicted molar refractivity (Wildman–Crippen MR) is 69.5 cm³/mol. The van der Waals surface area contributed by atoms with Crippen LogP contribution in [0.3, 0.4) is 0 Å². The van der Waals surface area contributed by atoms with Crippen LogP contribution in [0.2, 0.25) is 0 Å². The van der Waals surface area contributed by atoms with Gasteiger partial charge in [0.25, 0.3) is 0 Å². The molecule has 0 aliphatic rings. The Labute approximate surface area is 114 Å². The number of benzene rings is 2. The summed E-state index contributed by atoms with van der Waals surface area (Å²) in [4.78, 5) is 0. The third-order valence-corrected chi connectivity index (χ3v) is 3.07. The van der Waals surface area contributed by atoms with E-state index in [-0.39, 0.29) is 12.6 Å². The zero-order valence-electron chi connectivity index (χ0n) is 11.0. The van der Waals surface area contributed by atoms with Crippen molar-refractivity contribution in [2.45, 2.75) is 20.4 Å². The number of halogens is 4. The standard InChI is InChI=1S/C15H13F4N/c1-8-3-4-10(9(2)5-8)7-20-15-13(18)11(16)6-12(17)14(15)19/h3-6,20H,7H2,1-2H3. The van der Waals surface area contributed by atoms with Gasteiger partial charge in [-0.25, -0.2) is 17.6 Å². The molecule has 0 saturated heterocycles. The molecule has 0 unspecified atom stereocenters. The first-order chi connectivity index (χ1) is 9.40. The zero-order valence-corrected chi connectivity index (χ0v) is 11.0. The summed E-state index contributed by atoms with van der Waals surface area (Å²) in [5.74, 6) is -5.69. The van der Waals surface area contributed by atoms with E-state index in [1.54, 1.807) is 6.07 Å². The summed E-state index contributed by atoms with van der Waals surface area (Å²) in [6.45, 7) is 3.84. The van der Waals surface area contributed by atoms with Crippen LogP contribution in [-0.2, 0) is 6.54 Å². The molecule has 20 heavy (non-hydrogen) atoms. The molecule has 106 valence electrons. The molecule has 1 N–H and O–H groups in total. The van der Waals surface area contributed by atoms with Crippen molar-refractivity contribution in [3.63, 3.8) is 0 Å². The van der Waals surface area contributed by atoms with Gasteiger partial charge in [-0.1, -0.05) is 23.8 Å². The fourth-order valence-corrected chi connectivity index (χ4v) is 1.96. The van der Waals surface area contributed by atoms with Gasteiger partial charge in [-0.2, -0.15) is 0 Å². The second kappa shape index (κ2) is 5.53. The zero-order chi connectivity index (χ0) is 14.9. The molecule has 2 aromatic carbocycles. The van der Waals surface area contributed by atoms with Gasteiger partial charge < -0.3 is 5.32 Å². The van der Waals surface area contributed by atoms with E-state index in [4.69, 9.17) is 0 Å². The summed E-state index contributed by atoms with van der Waals surface area (Å²) in [6.07, 6.45) is 0. The highest BCUT2D eigenvalue weighted by Crippen LogP contribution is 2.25. The molecule has 0 atom stereocenters. The van der Waals surface area contributed by atoms with E-state index in [1.165, 1.54) is 0 Å². The van der Waals surface area contributed by atoms with Crippen LogP contribution in [-0.4, -0.2) is 0 Å². The lowest BCUT2D eigenvalue weighted by atomic mass is 10.1. The summed E-state index contributed by atoms with van der Waals surface area (Å²) in [5, 5.41) is 2.41. The second-order valence-corrected chi connectivity index (χ2v) is 4.63. The van der Waals surface area contributed by atoms with E-state index < -0.39 is 29.0 Å². The minimum absolute atomic E-state index is 0.0723. The molecule has 2 rings (SSSR count). The highest BCUT2D eigenvalue weighted by atomic mass is 19.2. The van der Waals surface area contributed by atoms with Crippen LogP contribution in [0.1, 0.15) is 16.7 Å². The molecule has 0 saturated carbocycles. The topological polar surface area (TPSA) is 12.0 Å². The molecule has 0 spiro atoms. The Morgan fingerprint density at radius 3 is 2.05 bits per heavy atom. The Bertz CT molecular complexity index is 627. The summed E-state index contributed by atoms with van der Waals surface area (Å²) in [5.41, 5.74) is 1.98. The first-order valence-electron chi connectivity index (χ1n) is 6.03. The Kier molecular flexibility index (Phi) is 3.97. The first kappa shape index (κ1) is 14.4. The van der Waals surface area contributed by atoms with E-state index in [9.17, 15) is 17.6 Å². The Balaban J connectivity index is 2.27. The molecule has 0 radical (unpaired) electrons. The van der Waals surface area contributed by atoms with Gasteiger partial charge in [-0.3, -0.25) is 0 Å². The average molecular weight is 283 g/mol. The van der Waals surface area contributed by atoms with Crippen molar-refractivity contribution < 1.29 is 17.6 Å². The molecule has 0 amide bonds. The number of aryl methyl sites for hydroxylation is 2. The lowest BCUT2D eigenvalue weighted by Gasteiger charge is -2.12. The van der Waals surface area contributed by atoms with Gasteiger partial charge in [0.1, 0.15) is 5.69 Å². The average Bonchev–Trinajstić information content (AvgIpc) is 2.38. The van der Waals surface area contributed by atoms with Gasteiger partial charge in [0.2, 0.25) is 0 Å². The fraction of sp³-hybridized carbons (Fsp3) is 0.200. The largest absolute Gasteiger partial charge is 0.376 e. The van der Waals surface area contributed by atoms with Crippen molar-refractivity contribution in [1.82, 2.24) is 0 Å². The van der Waals surface area contributed by atoms with Crippen molar-refractivity contribution >= 4 is 5.69 Å². The second-order valence-electron chi connectivity index (χ2n) is 4.63. The third kappa shape index (κ3) is 2.76. The van der Waals surface area contributed by atoms with Crippen molar-refractivity contribution in [3.8, 4) is 0 Å². The van der Waals surface area contributed by atoms with Gasteiger partial charge in [0, 0.05) is 12.6 Å². The van der Waals surface area contributed by atoms with Gasteiger partial charge >= 0.3 is 0 Å². The third-order valence-electron chi connectivity index (χ3n) is 3.07. The Morgan fingerprint density at radius 2 is 1.50 bits per heavy atom. The maximum Gasteiger partial charge on any atom is 0.185 e. The van der Waals surface area contributed by atoms with Gasteiger partial charge in [-0.15, -0.1) is 0 Å². The SMILES string of the molecule is Cc1ccc(CNc2c(F)c(F)cc(F)c2F)c(C)c1. The summed E-state index contributed by atoms with van der Waals surface area (Å²) in [6, 6.07) is 5.74. The van der Waals surface area contributed by atoms with Gasteiger partial charge in [-0.05, 0) is 25.0 Å². The van der Waals surface area contributed by atoms with Crippen LogP contribution in [0.4, 0.5) is 23.2 Å². The minimum atomic E-state index is -1.42. The molecule has 5 heteroatoms. The van der Waals surface area contributed by atoms with Gasteiger partial charge in [0.05, 0.1) is 0 Å². The molecular weight excluding hydrogens is 270 g/mol.